The van der Waals surface area contributed by atoms with Crippen molar-refractivity contribution in [2.75, 3.05) is 24.9 Å². The second kappa shape index (κ2) is 7.98. The number of sulfonamides is 1. The van der Waals surface area contributed by atoms with Gasteiger partial charge in [-0.25, -0.2) is 8.42 Å². The van der Waals surface area contributed by atoms with E-state index >= 15 is 0 Å². The lowest BCUT2D eigenvalue weighted by Gasteiger charge is -2.20. The minimum Gasteiger partial charge on any atom is -0.454 e. The molecule has 0 saturated heterocycles. The Morgan fingerprint density at radius 3 is 2.41 bits per heavy atom. The fourth-order valence-corrected chi connectivity index (χ4v) is 3.45. The average molecular weight is 390 g/mol. The molecule has 0 spiro atoms. The van der Waals surface area contributed by atoms with Crippen LogP contribution in [-0.4, -0.2) is 38.2 Å². The number of fused-ring (bicyclic) bond motifs is 1. The van der Waals surface area contributed by atoms with Crippen LogP contribution in [0, 0.1) is 0 Å². The molecule has 1 amide bonds. The van der Waals surface area contributed by atoms with Crippen LogP contribution in [0.3, 0.4) is 0 Å². The summed E-state index contributed by atoms with van der Waals surface area (Å²) in [4.78, 5) is 12.3. The minimum atomic E-state index is -3.57. The number of nitrogens with one attached hydrogen (secondary N) is 1. The topological polar surface area (TPSA) is 84.9 Å². The summed E-state index contributed by atoms with van der Waals surface area (Å²) in [5.41, 5.74) is 2.51. The Bertz CT molecular complexity index is 926. The maximum absolute atomic E-state index is 12.3. The van der Waals surface area contributed by atoms with Crippen LogP contribution in [0.25, 0.3) is 0 Å². The van der Waals surface area contributed by atoms with Gasteiger partial charge in [-0.3, -0.25) is 4.79 Å². The summed E-state index contributed by atoms with van der Waals surface area (Å²) >= 11 is 0. The second-order valence-corrected chi connectivity index (χ2v) is 8.30. The molecule has 0 aromatic heterocycles. The van der Waals surface area contributed by atoms with Crippen LogP contribution in [0.15, 0.2) is 42.5 Å². The van der Waals surface area contributed by atoms with Crippen molar-refractivity contribution >= 4 is 21.6 Å². The van der Waals surface area contributed by atoms with Crippen molar-refractivity contribution in [3.63, 3.8) is 0 Å². The molecule has 1 N–H and O–H groups in total. The molecule has 7 nitrogen and oxygen atoms in total. The van der Waals surface area contributed by atoms with E-state index in [1.807, 2.05) is 19.1 Å². The van der Waals surface area contributed by atoms with Gasteiger partial charge >= 0.3 is 0 Å². The van der Waals surface area contributed by atoms with Gasteiger partial charge in [0.15, 0.2) is 11.5 Å². The Balaban J connectivity index is 1.68. The average Bonchev–Trinajstić information content (AvgIpc) is 3.09. The summed E-state index contributed by atoms with van der Waals surface area (Å²) in [6.45, 7) is 1.99. The van der Waals surface area contributed by atoms with Gasteiger partial charge in [0.05, 0.1) is 12.8 Å². The normalized spacial score (nSPS) is 13.0. The van der Waals surface area contributed by atoms with Gasteiger partial charge in [-0.2, -0.15) is 4.31 Å². The highest BCUT2D eigenvalue weighted by Gasteiger charge is 2.22. The molecule has 3 rings (SSSR count). The van der Waals surface area contributed by atoms with E-state index in [2.05, 4.69) is 5.32 Å². The maximum atomic E-state index is 12.3. The third-order valence-corrected chi connectivity index (χ3v) is 5.43. The molecule has 0 bridgehead atoms. The number of nitrogens with zero attached hydrogens (tertiary/aromatic N) is 1. The summed E-state index contributed by atoms with van der Waals surface area (Å²) < 4.78 is 36.0. The highest BCUT2D eigenvalue weighted by Crippen LogP contribution is 2.32. The molecule has 1 aliphatic rings. The Kier molecular flexibility index (Phi) is 5.67. The van der Waals surface area contributed by atoms with Gasteiger partial charge in [-0.05, 0) is 41.8 Å². The molecular weight excluding hydrogens is 368 g/mol. The molecule has 0 fully saturated rings. The van der Waals surface area contributed by atoms with Crippen LogP contribution in [0.5, 0.6) is 11.5 Å². The lowest BCUT2D eigenvalue weighted by Crippen LogP contribution is -2.36. The number of benzene rings is 2. The zero-order valence-electron chi connectivity index (χ0n) is 15.3. The molecular formula is C19H22N2O5S. The molecule has 2 aromatic carbocycles. The first-order chi connectivity index (χ1) is 12.8. The predicted molar refractivity (Wildman–Crippen MR) is 102 cm³/mol. The van der Waals surface area contributed by atoms with Crippen LogP contribution < -0.4 is 14.8 Å². The second-order valence-electron chi connectivity index (χ2n) is 6.32. The van der Waals surface area contributed by atoms with Crippen molar-refractivity contribution in [3.8, 4) is 11.5 Å². The SMILES string of the molecule is CCc1ccc(NC(=O)CN(Cc2ccc3c(c2)OCO3)S(C)(=O)=O)cc1. The highest BCUT2D eigenvalue weighted by atomic mass is 32.2. The van der Waals surface area contributed by atoms with Gasteiger partial charge in [0.25, 0.3) is 0 Å². The number of anilines is 1. The summed E-state index contributed by atoms with van der Waals surface area (Å²) in [6.07, 6.45) is 1.99. The van der Waals surface area contributed by atoms with Crippen molar-refractivity contribution < 1.29 is 22.7 Å². The van der Waals surface area contributed by atoms with E-state index < -0.39 is 15.9 Å². The number of aryl methyl sites for hydroxylation is 1. The van der Waals surface area contributed by atoms with Crippen molar-refractivity contribution in [2.45, 2.75) is 19.9 Å². The van der Waals surface area contributed by atoms with Crippen LogP contribution >= 0.6 is 0 Å². The van der Waals surface area contributed by atoms with E-state index in [1.54, 1.807) is 30.3 Å². The highest BCUT2D eigenvalue weighted by molar-refractivity contribution is 7.88. The van der Waals surface area contributed by atoms with Gasteiger partial charge in [0.2, 0.25) is 22.7 Å². The fourth-order valence-electron chi connectivity index (χ4n) is 2.72. The van der Waals surface area contributed by atoms with E-state index in [1.165, 1.54) is 0 Å². The zero-order valence-corrected chi connectivity index (χ0v) is 16.1. The first kappa shape index (κ1) is 19.2. The van der Waals surface area contributed by atoms with E-state index in [4.69, 9.17) is 9.47 Å². The lowest BCUT2D eigenvalue weighted by molar-refractivity contribution is -0.116. The molecule has 0 unspecified atom stereocenters. The van der Waals surface area contributed by atoms with E-state index in [9.17, 15) is 13.2 Å². The van der Waals surface area contributed by atoms with Crippen molar-refractivity contribution in [3.05, 3.63) is 53.6 Å². The standard InChI is InChI=1S/C19H22N2O5S/c1-3-14-4-7-16(8-5-14)20-19(22)12-21(27(2,23)24)11-15-6-9-17-18(10-15)26-13-25-17/h4-10H,3,11-13H2,1-2H3,(H,20,22). The van der Waals surface area contributed by atoms with Crippen LogP contribution in [-0.2, 0) is 27.8 Å². The van der Waals surface area contributed by atoms with Gasteiger partial charge in [0, 0.05) is 12.2 Å². The molecule has 27 heavy (non-hydrogen) atoms. The van der Waals surface area contributed by atoms with Crippen LogP contribution in [0.4, 0.5) is 5.69 Å². The Morgan fingerprint density at radius 2 is 1.74 bits per heavy atom. The molecule has 2 aromatic rings. The number of ether oxygens (including phenoxy) is 2. The summed E-state index contributed by atoms with van der Waals surface area (Å²) in [5, 5.41) is 2.73. The number of amides is 1. The molecule has 0 atom stereocenters. The summed E-state index contributed by atoms with van der Waals surface area (Å²) in [5.74, 6) is 0.796. The number of carbonyl (C=O) groups is 1. The fraction of sp³-hybridized carbons (Fsp3) is 0.316. The van der Waals surface area contributed by atoms with Gasteiger partial charge in [-0.1, -0.05) is 25.1 Å². The molecule has 1 aliphatic heterocycles. The number of rotatable bonds is 7. The lowest BCUT2D eigenvalue weighted by atomic mass is 10.1. The van der Waals surface area contributed by atoms with Gasteiger partial charge in [-0.15, -0.1) is 0 Å². The summed E-state index contributed by atoms with van der Waals surface area (Å²) in [7, 11) is -3.57. The van der Waals surface area contributed by atoms with Gasteiger partial charge < -0.3 is 14.8 Å². The maximum Gasteiger partial charge on any atom is 0.239 e. The zero-order chi connectivity index (χ0) is 19.4. The Hall–Kier alpha value is -2.58. The largest absolute Gasteiger partial charge is 0.454 e. The van der Waals surface area contributed by atoms with Crippen LogP contribution in [0.2, 0.25) is 0 Å². The number of carbonyl (C=O) groups excluding carboxylic acids is 1. The number of hydrogen-bond acceptors (Lipinski definition) is 5. The van der Waals surface area contributed by atoms with Crippen molar-refractivity contribution in [1.82, 2.24) is 4.31 Å². The molecule has 8 heteroatoms. The predicted octanol–water partition coefficient (Wildman–Crippen LogP) is 2.38. The molecule has 0 saturated carbocycles. The molecule has 144 valence electrons. The minimum absolute atomic E-state index is 0.0671. The van der Waals surface area contributed by atoms with E-state index in [-0.39, 0.29) is 19.9 Å². The monoisotopic (exact) mass is 390 g/mol. The molecule has 0 aliphatic carbocycles. The van der Waals surface area contributed by atoms with E-state index in [0.29, 0.717) is 22.7 Å². The van der Waals surface area contributed by atoms with Crippen LogP contribution in [0.1, 0.15) is 18.1 Å². The third-order valence-electron chi connectivity index (χ3n) is 4.23. The van der Waals surface area contributed by atoms with Crippen molar-refractivity contribution in [1.29, 1.82) is 0 Å². The first-order valence-electron chi connectivity index (χ1n) is 8.57. The number of hydrogen-bond donors (Lipinski definition) is 1. The Labute approximate surface area is 158 Å². The summed E-state index contributed by atoms with van der Waals surface area (Å²) in [6, 6.07) is 12.7. The Morgan fingerprint density at radius 1 is 1.07 bits per heavy atom. The quantitative estimate of drug-likeness (QED) is 0.785. The molecule has 1 heterocycles. The third kappa shape index (κ3) is 4.99. The first-order valence-corrected chi connectivity index (χ1v) is 10.4. The molecule has 0 radical (unpaired) electrons. The van der Waals surface area contributed by atoms with Gasteiger partial charge in [0.1, 0.15) is 0 Å². The van der Waals surface area contributed by atoms with Crippen molar-refractivity contribution in [2.24, 2.45) is 0 Å². The smallest absolute Gasteiger partial charge is 0.239 e. The van der Waals surface area contributed by atoms with E-state index in [0.717, 1.165) is 22.5 Å².